The van der Waals surface area contributed by atoms with E-state index in [0.29, 0.717) is 39.2 Å². The van der Waals surface area contributed by atoms with Gasteiger partial charge in [-0.3, -0.25) is 14.5 Å². The van der Waals surface area contributed by atoms with Crippen molar-refractivity contribution in [2.75, 3.05) is 29.2 Å². The summed E-state index contributed by atoms with van der Waals surface area (Å²) in [6.45, 7) is 0. The van der Waals surface area contributed by atoms with E-state index in [-0.39, 0.29) is 5.70 Å². The van der Waals surface area contributed by atoms with Gasteiger partial charge in [0.1, 0.15) is 21.3 Å². The zero-order valence-electron chi connectivity index (χ0n) is 17.1. The fourth-order valence-electron chi connectivity index (χ4n) is 3.28. The van der Waals surface area contributed by atoms with Gasteiger partial charge in [0.15, 0.2) is 5.13 Å². The van der Waals surface area contributed by atoms with E-state index >= 15 is 0 Å². The summed E-state index contributed by atoms with van der Waals surface area (Å²) in [4.78, 5) is 43.4. The summed E-state index contributed by atoms with van der Waals surface area (Å²) in [7, 11) is 0. The molecule has 4 rings (SSSR count). The fraction of sp³-hybridized carbons (Fsp3) is 0.333. The molecule has 0 bridgehead atoms. The Bertz CT molecular complexity index is 1130. The van der Waals surface area contributed by atoms with Crippen LogP contribution >= 0.6 is 58.2 Å². The number of thiazole rings is 1. The van der Waals surface area contributed by atoms with E-state index < -0.39 is 29.2 Å². The summed E-state index contributed by atoms with van der Waals surface area (Å²) in [5, 5.41) is 17.9. The minimum absolute atomic E-state index is 0.00959. The van der Waals surface area contributed by atoms with E-state index in [1.165, 1.54) is 51.3 Å². The highest BCUT2D eigenvalue weighted by Crippen LogP contribution is 2.42. The van der Waals surface area contributed by atoms with Gasteiger partial charge in [0.2, 0.25) is 0 Å². The number of β-lactam (4-membered cyclic amide) rings is 1. The average Bonchev–Trinajstić information content (AvgIpc) is 3.47. The molecule has 0 aliphatic carbocycles. The van der Waals surface area contributed by atoms with Gasteiger partial charge in [-0.2, -0.15) is 11.8 Å². The van der Waals surface area contributed by atoms with E-state index in [2.05, 4.69) is 19.9 Å². The topological polar surface area (TPSA) is 151 Å². The SMILES string of the molecule is CSC/C=C(\C(=O)N[C@@H]1C(=O)N2C(C(=O)O)=C(CSc3cnns3)CS[C@H]12)c1csc(N)n1. The lowest BCUT2D eigenvalue weighted by atomic mass is 10.0. The highest BCUT2D eigenvalue weighted by molar-refractivity contribution is 8.02. The van der Waals surface area contributed by atoms with Crippen molar-refractivity contribution in [1.29, 1.82) is 0 Å². The molecule has 15 heteroatoms. The highest BCUT2D eigenvalue weighted by Gasteiger charge is 2.54. The molecule has 1 saturated heterocycles. The van der Waals surface area contributed by atoms with Crippen molar-refractivity contribution in [1.82, 2.24) is 24.8 Å². The molecule has 2 aromatic rings. The maximum atomic E-state index is 13.0. The summed E-state index contributed by atoms with van der Waals surface area (Å²) in [6, 6.07) is -0.814. The van der Waals surface area contributed by atoms with Crippen molar-refractivity contribution in [3.63, 3.8) is 0 Å². The third kappa shape index (κ3) is 5.06. The lowest BCUT2D eigenvalue weighted by Gasteiger charge is -2.49. The van der Waals surface area contributed by atoms with E-state index in [4.69, 9.17) is 5.73 Å². The van der Waals surface area contributed by atoms with E-state index in [1.54, 1.807) is 29.4 Å². The predicted octanol–water partition coefficient (Wildman–Crippen LogP) is 1.85. The monoisotopic (exact) mass is 542 g/mol. The number of hydrogen-bond donors (Lipinski definition) is 3. The van der Waals surface area contributed by atoms with Crippen LogP contribution in [0.4, 0.5) is 5.13 Å². The summed E-state index contributed by atoms with van der Waals surface area (Å²) in [5.74, 6) is -0.589. The van der Waals surface area contributed by atoms with Crippen molar-refractivity contribution in [2.45, 2.75) is 15.6 Å². The Kier molecular flexibility index (Phi) is 7.63. The molecule has 2 atom stereocenters. The number of thioether (sulfide) groups is 3. The number of hydrogen-bond acceptors (Lipinski definition) is 12. The van der Waals surface area contributed by atoms with Gasteiger partial charge in [0.25, 0.3) is 11.8 Å². The third-order valence-corrected chi connectivity index (χ3v) is 9.20. The van der Waals surface area contributed by atoms with E-state index in [0.717, 1.165) is 4.21 Å². The van der Waals surface area contributed by atoms with Crippen molar-refractivity contribution < 1.29 is 19.5 Å². The smallest absolute Gasteiger partial charge is 0.352 e. The summed E-state index contributed by atoms with van der Waals surface area (Å²) < 4.78 is 4.66. The first-order valence-corrected chi connectivity index (χ1v) is 14.5. The number of rotatable bonds is 9. The molecule has 174 valence electrons. The average molecular weight is 543 g/mol. The molecule has 0 radical (unpaired) electrons. The third-order valence-electron chi connectivity index (χ3n) is 4.76. The number of anilines is 1. The van der Waals surface area contributed by atoms with Crippen molar-refractivity contribution in [3.05, 3.63) is 34.6 Å². The normalized spacial score (nSPS) is 20.5. The molecule has 0 saturated carbocycles. The number of carbonyl (C=O) groups excluding carboxylic acids is 2. The summed E-state index contributed by atoms with van der Waals surface area (Å²) >= 11 is 6.86. The van der Waals surface area contributed by atoms with Crippen LogP contribution in [0.1, 0.15) is 5.69 Å². The van der Waals surface area contributed by atoms with E-state index in [9.17, 15) is 19.5 Å². The van der Waals surface area contributed by atoms with Gasteiger partial charge < -0.3 is 16.2 Å². The molecule has 0 unspecified atom stereocenters. The number of carboxylic acid groups (broad SMARTS) is 1. The molecule has 4 N–H and O–H groups in total. The summed E-state index contributed by atoms with van der Waals surface area (Å²) in [6.07, 6.45) is 5.28. The standard InChI is InChI=1S/C18H18N6O4S5/c1-29-3-2-9(10-7-32-18(19)21-10)14(25)22-12-15(26)24-13(17(27)28)8(6-31-16(12)24)5-30-11-4-20-23-33-11/h2,4,7,12,16H,3,5-6H2,1H3,(H2,19,21)(H,22,25)(H,27,28)/b9-2-/t12-,16-/m1/s1. The molecule has 4 heterocycles. The zero-order valence-corrected chi connectivity index (χ0v) is 21.2. The number of carboxylic acids is 1. The van der Waals surface area contributed by atoms with Crippen LogP contribution in [-0.2, 0) is 14.4 Å². The van der Waals surface area contributed by atoms with Gasteiger partial charge >= 0.3 is 5.97 Å². The van der Waals surface area contributed by atoms with Crippen LogP contribution in [0, 0.1) is 0 Å². The summed E-state index contributed by atoms with van der Waals surface area (Å²) in [5.41, 5.74) is 7.15. The Morgan fingerprint density at radius 3 is 2.91 bits per heavy atom. The molecule has 2 aliphatic rings. The Morgan fingerprint density at radius 2 is 2.27 bits per heavy atom. The zero-order chi connectivity index (χ0) is 23.5. The lowest BCUT2D eigenvalue weighted by Crippen LogP contribution is -2.70. The van der Waals surface area contributed by atoms with Crippen molar-refractivity contribution >= 4 is 86.6 Å². The maximum Gasteiger partial charge on any atom is 0.352 e. The molecule has 0 spiro atoms. The van der Waals surface area contributed by atoms with Crippen LogP contribution in [0.15, 0.2) is 33.1 Å². The quantitative estimate of drug-likeness (QED) is 0.242. The second-order valence-electron chi connectivity index (χ2n) is 6.79. The Balaban J connectivity index is 1.49. The number of carbonyl (C=O) groups is 3. The molecular formula is C18H18N6O4S5. The van der Waals surface area contributed by atoms with Crippen LogP contribution in [0.5, 0.6) is 0 Å². The van der Waals surface area contributed by atoms with Crippen LogP contribution in [-0.4, -0.2) is 77.3 Å². The number of nitrogens with one attached hydrogen (secondary N) is 1. The number of aliphatic carboxylic acids is 1. The first-order chi connectivity index (χ1) is 15.9. The molecule has 2 amide bonds. The number of amides is 2. The van der Waals surface area contributed by atoms with Gasteiger partial charge in [-0.25, -0.2) is 9.78 Å². The maximum absolute atomic E-state index is 13.0. The molecule has 0 aromatic carbocycles. The van der Waals surface area contributed by atoms with Crippen LogP contribution in [0.25, 0.3) is 5.57 Å². The van der Waals surface area contributed by atoms with Gasteiger partial charge in [-0.1, -0.05) is 10.6 Å². The van der Waals surface area contributed by atoms with Crippen molar-refractivity contribution in [2.24, 2.45) is 0 Å². The highest BCUT2D eigenvalue weighted by atomic mass is 32.2. The van der Waals surface area contributed by atoms with Gasteiger partial charge in [0, 0.05) is 22.6 Å². The van der Waals surface area contributed by atoms with Crippen molar-refractivity contribution in [3.8, 4) is 0 Å². The first-order valence-electron chi connectivity index (χ1n) is 9.42. The fourth-order valence-corrected chi connectivity index (χ4v) is 7.09. The predicted molar refractivity (Wildman–Crippen MR) is 133 cm³/mol. The number of fused-ring (bicyclic) bond motifs is 1. The molecule has 33 heavy (non-hydrogen) atoms. The largest absolute Gasteiger partial charge is 0.477 e. The van der Waals surface area contributed by atoms with Gasteiger partial charge in [-0.15, -0.1) is 40.0 Å². The molecular weight excluding hydrogens is 525 g/mol. The molecule has 1 fully saturated rings. The van der Waals surface area contributed by atoms with Crippen LogP contribution in [0.3, 0.4) is 0 Å². The first kappa shape index (κ1) is 24.1. The minimum Gasteiger partial charge on any atom is -0.477 e. The Morgan fingerprint density at radius 1 is 1.45 bits per heavy atom. The second kappa shape index (κ2) is 10.5. The number of nitrogens with zero attached hydrogens (tertiary/aromatic N) is 4. The Labute approximate surface area is 209 Å². The molecule has 10 nitrogen and oxygen atoms in total. The van der Waals surface area contributed by atoms with E-state index in [1.807, 2.05) is 6.26 Å². The second-order valence-corrected chi connectivity index (χ2v) is 11.8. The van der Waals surface area contributed by atoms with Gasteiger partial charge in [-0.05, 0) is 23.4 Å². The molecule has 2 aromatic heterocycles. The minimum atomic E-state index is -1.16. The van der Waals surface area contributed by atoms with Crippen LogP contribution in [0.2, 0.25) is 0 Å². The number of aromatic nitrogens is 3. The Hall–Kier alpha value is -2.07. The van der Waals surface area contributed by atoms with Crippen LogP contribution < -0.4 is 11.1 Å². The number of nitrogen functional groups attached to an aromatic ring is 1. The van der Waals surface area contributed by atoms with Gasteiger partial charge in [0.05, 0.1) is 17.5 Å². The number of nitrogens with two attached hydrogens (primary N) is 1. The molecule has 2 aliphatic heterocycles. The lowest BCUT2D eigenvalue weighted by molar-refractivity contribution is -0.150.